The molecule has 0 spiro atoms. The molecule has 6 rings (SSSR count). The highest BCUT2D eigenvalue weighted by Crippen LogP contribution is 2.22. The van der Waals surface area contributed by atoms with Gasteiger partial charge in [-0.2, -0.15) is 0 Å². The number of amides is 2. The summed E-state index contributed by atoms with van der Waals surface area (Å²) in [5.74, 6) is 3.04. The maximum atomic E-state index is 13.3. The number of hydrogen-bond acceptors (Lipinski definition) is 10. The monoisotopic (exact) mass is 908 g/mol. The molecule has 0 aliphatic heterocycles. The van der Waals surface area contributed by atoms with E-state index in [4.69, 9.17) is 0 Å². The van der Waals surface area contributed by atoms with Gasteiger partial charge in [0.1, 0.15) is 0 Å². The molecule has 0 fully saturated rings. The maximum Gasteiger partial charge on any atom is 0.282 e. The lowest BCUT2D eigenvalue weighted by molar-refractivity contribution is -0.647. The van der Waals surface area contributed by atoms with E-state index in [9.17, 15) is 30.0 Å². The number of carbonyl (C=O) groups excluding carboxylic acids is 2. The quantitative estimate of drug-likeness (QED) is 0.0285. The van der Waals surface area contributed by atoms with Gasteiger partial charge in [-0.15, -0.1) is 0 Å². The molecule has 0 unspecified atom stereocenters. The van der Waals surface area contributed by atoms with Gasteiger partial charge in [-0.05, 0) is 71.8 Å². The first-order valence-corrected chi connectivity index (χ1v) is 24.0. The number of hydrogen-bond donors (Lipinski definition) is 6. The van der Waals surface area contributed by atoms with Gasteiger partial charge in [0.15, 0.2) is 35.2 Å². The molecule has 0 bridgehead atoms. The Hall–Kier alpha value is -5.62. The molecule has 0 aliphatic rings. The van der Waals surface area contributed by atoms with Crippen LogP contribution >= 0.6 is 21.6 Å². The molecule has 64 heavy (non-hydrogen) atoms. The van der Waals surface area contributed by atoms with E-state index in [2.05, 4.69) is 19.8 Å². The number of nitrogens with one attached hydrogen (secondary N) is 2. The van der Waals surface area contributed by atoms with Crippen molar-refractivity contribution in [3.8, 4) is 0 Å². The first kappa shape index (κ1) is 47.8. The number of imidazole rings is 2. The number of aliphatic hydroxyl groups is 4. The van der Waals surface area contributed by atoms with Gasteiger partial charge in [0.2, 0.25) is 0 Å². The molecule has 14 nitrogen and oxygen atoms in total. The number of aryl methyl sites for hydroxylation is 2. The van der Waals surface area contributed by atoms with Crippen LogP contribution in [-0.4, -0.2) is 119 Å². The third kappa shape index (κ3) is 12.5. The molecule has 0 saturated heterocycles. The van der Waals surface area contributed by atoms with Gasteiger partial charge >= 0.3 is 0 Å². The van der Waals surface area contributed by atoms with Crippen molar-refractivity contribution in [1.29, 1.82) is 0 Å². The second-order valence-corrected chi connectivity index (χ2v) is 17.7. The second kappa shape index (κ2) is 24.4. The Morgan fingerprint density at radius 1 is 0.547 bits per heavy atom. The Balaban J connectivity index is 0.966. The van der Waals surface area contributed by atoms with Gasteiger partial charge in [0.05, 0.1) is 40.5 Å². The lowest BCUT2D eigenvalue weighted by Crippen LogP contribution is -2.34. The zero-order valence-electron chi connectivity index (χ0n) is 36.6. The molecular formula is C48H60N8O6S2+2. The standard InChI is InChI=1S/C48H58N8O6S2/c1-51-41-7-3-5-9-43(41)55(47(51)21-15-37-11-17-39(18-12-37)53(25-29-57)26-30-58)35-45(61)49-23-33-63-64-34-24-50-46(62)36-56-44-10-6-4-8-42(44)52(2)48(56)22-16-38-13-19-40(20-14-38)54(27-31-59)28-32-60/h3-22,57-60H,23-36H2,1-2H3/p+2. The van der Waals surface area contributed by atoms with Crippen molar-refractivity contribution in [2.24, 2.45) is 14.1 Å². The minimum absolute atomic E-state index is 0.00502. The first-order valence-electron chi connectivity index (χ1n) is 21.5. The Labute approximate surface area is 382 Å². The number of carbonyl (C=O) groups is 2. The number of aliphatic hydroxyl groups excluding tert-OH is 4. The Bertz CT molecular complexity index is 2320. The number of para-hydroxylation sites is 4. The van der Waals surface area contributed by atoms with Gasteiger partial charge in [-0.1, -0.05) is 70.1 Å². The summed E-state index contributed by atoms with van der Waals surface area (Å²) in [7, 11) is 7.31. The van der Waals surface area contributed by atoms with E-state index in [-0.39, 0.29) is 51.3 Å². The average molecular weight is 909 g/mol. The fourth-order valence-electron chi connectivity index (χ4n) is 7.68. The normalized spacial score (nSPS) is 11.7. The predicted molar refractivity (Wildman–Crippen MR) is 261 cm³/mol. The number of anilines is 2. The van der Waals surface area contributed by atoms with Crippen LogP contribution in [0.15, 0.2) is 97.1 Å². The van der Waals surface area contributed by atoms with Crippen LogP contribution in [0, 0.1) is 0 Å². The van der Waals surface area contributed by atoms with Crippen molar-refractivity contribution >= 4 is 91.1 Å². The summed E-state index contributed by atoms with van der Waals surface area (Å²) in [5, 5.41) is 43.8. The molecule has 0 aliphatic carbocycles. The highest BCUT2D eigenvalue weighted by atomic mass is 33.1. The fourth-order valence-corrected chi connectivity index (χ4v) is 9.50. The molecule has 2 amide bonds. The molecule has 16 heteroatoms. The third-order valence-corrected chi connectivity index (χ3v) is 13.3. The summed E-state index contributed by atoms with van der Waals surface area (Å²) in [6.07, 6.45) is 8.06. The van der Waals surface area contributed by atoms with Gasteiger partial charge in [0.25, 0.3) is 23.5 Å². The molecule has 0 saturated carbocycles. The number of aromatic nitrogens is 4. The summed E-state index contributed by atoms with van der Waals surface area (Å²) < 4.78 is 8.21. The van der Waals surface area contributed by atoms with Crippen molar-refractivity contribution in [1.82, 2.24) is 19.8 Å². The van der Waals surface area contributed by atoms with Crippen LogP contribution in [0.1, 0.15) is 22.8 Å². The van der Waals surface area contributed by atoms with Gasteiger partial charge in [-0.25, -0.2) is 18.3 Å². The molecule has 0 radical (unpaired) electrons. The van der Waals surface area contributed by atoms with E-state index in [0.717, 1.165) is 67.7 Å². The molecular weight excluding hydrogens is 849 g/mol. The molecule has 6 aromatic rings. The molecule has 338 valence electrons. The van der Waals surface area contributed by atoms with Gasteiger partial charge < -0.3 is 40.9 Å². The average Bonchev–Trinajstić information content (AvgIpc) is 3.73. The molecule has 0 atom stereocenters. The largest absolute Gasteiger partial charge is 0.395 e. The smallest absolute Gasteiger partial charge is 0.282 e. The summed E-state index contributed by atoms with van der Waals surface area (Å²) in [6, 6.07) is 31.9. The van der Waals surface area contributed by atoms with Crippen LogP contribution in [-0.2, 0) is 36.8 Å². The minimum Gasteiger partial charge on any atom is -0.395 e. The maximum absolute atomic E-state index is 13.3. The highest BCUT2D eigenvalue weighted by molar-refractivity contribution is 8.76. The van der Waals surface area contributed by atoms with Crippen LogP contribution < -0.4 is 29.6 Å². The fraction of sp³-hybridized carbons (Fsp3) is 0.333. The topological polar surface area (TPSA) is 163 Å². The van der Waals surface area contributed by atoms with E-state index in [1.807, 2.05) is 154 Å². The molecule has 2 aromatic heterocycles. The van der Waals surface area contributed by atoms with Crippen LogP contribution in [0.2, 0.25) is 0 Å². The molecule has 6 N–H and O–H groups in total. The van der Waals surface area contributed by atoms with E-state index in [0.29, 0.717) is 39.3 Å². The van der Waals surface area contributed by atoms with E-state index >= 15 is 0 Å². The van der Waals surface area contributed by atoms with Crippen molar-refractivity contribution < 1.29 is 39.1 Å². The van der Waals surface area contributed by atoms with Crippen LogP contribution in [0.3, 0.4) is 0 Å². The van der Waals surface area contributed by atoms with Crippen LogP contribution in [0.25, 0.3) is 46.4 Å². The minimum atomic E-state index is -0.0797. The van der Waals surface area contributed by atoms with Gasteiger partial charge in [-0.3, -0.25) is 9.59 Å². The molecule has 2 heterocycles. The van der Waals surface area contributed by atoms with Gasteiger partial charge in [0, 0.05) is 74.3 Å². The summed E-state index contributed by atoms with van der Waals surface area (Å²) in [6.45, 7) is 3.15. The van der Waals surface area contributed by atoms with Crippen LogP contribution in [0.5, 0.6) is 0 Å². The van der Waals surface area contributed by atoms with Crippen molar-refractivity contribution in [3.05, 3.63) is 120 Å². The number of rotatable bonds is 25. The van der Waals surface area contributed by atoms with Crippen molar-refractivity contribution in [2.45, 2.75) is 13.1 Å². The Morgan fingerprint density at radius 2 is 0.906 bits per heavy atom. The van der Waals surface area contributed by atoms with Crippen molar-refractivity contribution in [3.63, 3.8) is 0 Å². The van der Waals surface area contributed by atoms with Crippen molar-refractivity contribution in [2.75, 3.05) is 87.0 Å². The summed E-state index contributed by atoms with van der Waals surface area (Å²) >= 11 is 0. The van der Waals surface area contributed by atoms with E-state index in [1.54, 1.807) is 21.6 Å². The zero-order chi connectivity index (χ0) is 45.3. The Kier molecular flexibility index (Phi) is 18.3. The number of nitrogens with zero attached hydrogens (tertiary/aromatic N) is 6. The summed E-state index contributed by atoms with van der Waals surface area (Å²) in [5.41, 5.74) is 7.77. The lowest BCUT2D eigenvalue weighted by atomic mass is 10.1. The third-order valence-electron chi connectivity index (χ3n) is 10.9. The van der Waals surface area contributed by atoms with E-state index in [1.165, 1.54) is 0 Å². The van der Waals surface area contributed by atoms with E-state index < -0.39 is 0 Å². The molecule has 4 aromatic carbocycles. The van der Waals surface area contributed by atoms with Crippen LogP contribution in [0.4, 0.5) is 11.4 Å². The second-order valence-electron chi connectivity index (χ2n) is 15.0. The predicted octanol–water partition coefficient (Wildman–Crippen LogP) is 3.48. The summed E-state index contributed by atoms with van der Waals surface area (Å²) in [4.78, 5) is 30.4. The first-order chi connectivity index (χ1) is 31.3. The Morgan fingerprint density at radius 3 is 1.27 bits per heavy atom. The number of fused-ring (bicyclic) bond motifs is 2. The zero-order valence-corrected chi connectivity index (χ0v) is 38.2. The lowest BCUT2D eigenvalue weighted by Gasteiger charge is -2.22. The SMILES string of the molecule is C[n+]1c(/C=C/c2ccc(N(CCO)CCO)cc2)n(CC(=O)NCCSSCCNC(=O)Cn2c(/C=C/c3ccc(N(CCO)CCO)cc3)[n+](C)c3ccccc32)c2ccccc21. The highest BCUT2D eigenvalue weighted by Gasteiger charge is 2.24. The number of benzene rings is 4.